The van der Waals surface area contributed by atoms with Gasteiger partial charge in [0, 0.05) is 22.2 Å². The first kappa shape index (κ1) is 23.4. The molecule has 7 heteroatoms. The SMILES string of the molecule is O=C1S/C(=C/c2ccc(OCc3ccc(Cl)cc3Cl)cc2)C(=O)N1CCCc1ccccc1. The number of amides is 2. The van der Waals surface area contributed by atoms with Crippen molar-refractivity contribution in [3.63, 3.8) is 0 Å². The highest BCUT2D eigenvalue weighted by Crippen LogP contribution is 2.32. The Morgan fingerprint density at radius 3 is 2.42 bits per heavy atom. The molecule has 33 heavy (non-hydrogen) atoms. The summed E-state index contributed by atoms with van der Waals surface area (Å²) in [7, 11) is 0. The molecule has 0 saturated carbocycles. The molecule has 1 fully saturated rings. The first-order chi connectivity index (χ1) is 16.0. The minimum absolute atomic E-state index is 0.223. The summed E-state index contributed by atoms with van der Waals surface area (Å²) in [4.78, 5) is 26.8. The van der Waals surface area contributed by atoms with E-state index in [0.717, 1.165) is 35.7 Å². The van der Waals surface area contributed by atoms with E-state index in [0.29, 0.717) is 33.9 Å². The lowest BCUT2D eigenvalue weighted by Gasteiger charge is -2.12. The van der Waals surface area contributed by atoms with Crippen LogP contribution in [0.25, 0.3) is 6.08 Å². The summed E-state index contributed by atoms with van der Waals surface area (Å²) in [5, 5.41) is 0.909. The van der Waals surface area contributed by atoms with Crippen LogP contribution in [0.4, 0.5) is 4.79 Å². The fourth-order valence-electron chi connectivity index (χ4n) is 3.39. The fraction of sp³-hybridized carbons (Fsp3) is 0.154. The largest absolute Gasteiger partial charge is 0.489 e. The van der Waals surface area contributed by atoms with Crippen molar-refractivity contribution in [3.8, 4) is 5.75 Å². The fourth-order valence-corrected chi connectivity index (χ4v) is 4.72. The van der Waals surface area contributed by atoms with Crippen LogP contribution in [0.2, 0.25) is 10.0 Å². The smallest absolute Gasteiger partial charge is 0.293 e. The zero-order chi connectivity index (χ0) is 23.2. The maximum Gasteiger partial charge on any atom is 0.293 e. The lowest BCUT2D eigenvalue weighted by molar-refractivity contribution is -0.122. The minimum Gasteiger partial charge on any atom is -0.489 e. The number of hydrogen-bond donors (Lipinski definition) is 0. The molecule has 0 N–H and O–H groups in total. The summed E-state index contributed by atoms with van der Waals surface area (Å²) in [6.07, 6.45) is 3.30. The van der Waals surface area contributed by atoms with Gasteiger partial charge in [-0.2, -0.15) is 0 Å². The number of carbonyl (C=O) groups is 2. The van der Waals surface area contributed by atoms with Gasteiger partial charge in [0.15, 0.2) is 0 Å². The third-order valence-electron chi connectivity index (χ3n) is 5.15. The Morgan fingerprint density at radius 1 is 0.939 bits per heavy atom. The minimum atomic E-state index is -0.240. The topological polar surface area (TPSA) is 46.6 Å². The van der Waals surface area contributed by atoms with Gasteiger partial charge in [-0.3, -0.25) is 14.5 Å². The van der Waals surface area contributed by atoms with E-state index in [1.807, 2.05) is 60.7 Å². The third kappa shape index (κ3) is 6.20. The second kappa shape index (κ2) is 10.9. The zero-order valence-corrected chi connectivity index (χ0v) is 20.0. The lowest BCUT2D eigenvalue weighted by atomic mass is 10.1. The van der Waals surface area contributed by atoms with Crippen LogP contribution in [0.3, 0.4) is 0 Å². The van der Waals surface area contributed by atoms with Crippen molar-refractivity contribution in [1.82, 2.24) is 4.90 Å². The third-order valence-corrected chi connectivity index (χ3v) is 6.65. The van der Waals surface area contributed by atoms with E-state index in [1.165, 1.54) is 10.5 Å². The number of carbonyl (C=O) groups excluding carboxylic acids is 2. The van der Waals surface area contributed by atoms with Crippen molar-refractivity contribution in [1.29, 1.82) is 0 Å². The van der Waals surface area contributed by atoms with E-state index in [9.17, 15) is 9.59 Å². The van der Waals surface area contributed by atoms with E-state index in [2.05, 4.69) is 0 Å². The molecule has 1 heterocycles. The van der Waals surface area contributed by atoms with E-state index < -0.39 is 0 Å². The van der Waals surface area contributed by atoms with Gasteiger partial charge in [-0.25, -0.2) is 0 Å². The Kier molecular flexibility index (Phi) is 7.76. The Bertz CT molecular complexity index is 1180. The first-order valence-corrected chi connectivity index (χ1v) is 12.0. The van der Waals surface area contributed by atoms with Gasteiger partial charge < -0.3 is 4.74 Å². The second-order valence-corrected chi connectivity index (χ2v) is 9.35. The molecule has 0 radical (unpaired) electrons. The monoisotopic (exact) mass is 497 g/mol. The molecule has 0 unspecified atom stereocenters. The van der Waals surface area contributed by atoms with Gasteiger partial charge in [0.2, 0.25) is 0 Å². The van der Waals surface area contributed by atoms with Crippen LogP contribution in [0.15, 0.2) is 77.7 Å². The Balaban J connectivity index is 1.33. The summed E-state index contributed by atoms with van der Waals surface area (Å²) in [5.74, 6) is 0.433. The van der Waals surface area contributed by atoms with Gasteiger partial charge in [-0.05, 0) is 66.1 Å². The van der Waals surface area contributed by atoms with Crippen LogP contribution >= 0.6 is 35.0 Å². The molecular weight excluding hydrogens is 477 g/mol. The number of rotatable bonds is 8. The van der Waals surface area contributed by atoms with Gasteiger partial charge in [0.1, 0.15) is 12.4 Å². The summed E-state index contributed by atoms with van der Waals surface area (Å²) >= 11 is 13.1. The van der Waals surface area contributed by atoms with Crippen molar-refractivity contribution in [2.24, 2.45) is 0 Å². The molecule has 1 aliphatic heterocycles. The van der Waals surface area contributed by atoms with E-state index in [-0.39, 0.29) is 11.1 Å². The Hall–Kier alpha value is -2.73. The lowest BCUT2D eigenvalue weighted by Crippen LogP contribution is -2.29. The molecule has 4 nitrogen and oxygen atoms in total. The normalized spacial score (nSPS) is 14.8. The molecule has 0 atom stereocenters. The average molecular weight is 498 g/mol. The highest BCUT2D eigenvalue weighted by Gasteiger charge is 2.34. The molecule has 1 saturated heterocycles. The van der Waals surface area contributed by atoms with Crippen LogP contribution in [0, 0.1) is 0 Å². The first-order valence-electron chi connectivity index (χ1n) is 10.5. The maximum atomic E-state index is 12.7. The summed E-state index contributed by atoms with van der Waals surface area (Å²) in [6.45, 7) is 0.730. The van der Waals surface area contributed by atoms with Crippen molar-refractivity contribution in [2.75, 3.05) is 6.54 Å². The van der Waals surface area contributed by atoms with E-state index in [4.69, 9.17) is 27.9 Å². The number of ether oxygens (including phenoxy) is 1. The number of benzene rings is 3. The van der Waals surface area contributed by atoms with Gasteiger partial charge in [0.25, 0.3) is 11.1 Å². The standard InChI is InChI=1S/C26H21Cl2NO3S/c27-21-11-10-20(23(28)16-21)17-32-22-12-8-19(9-13-22)15-24-25(30)29(26(31)33-24)14-4-7-18-5-2-1-3-6-18/h1-3,5-6,8-13,15-16H,4,7,14,17H2/b24-15+. The molecule has 3 aromatic rings. The predicted molar refractivity (Wildman–Crippen MR) is 135 cm³/mol. The Morgan fingerprint density at radius 2 is 1.70 bits per heavy atom. The summed E-state index contributed by atoms with van der Waals surface area (Å²) < 4.78 is 5.79. The molecule has 168 valence electrons. The van der Waals surface area contributed by atoms with Gasteiger partial charge in [0.05, 0.1) is 4.91 Å². The summed E-state index contributed by atoms with van der Waals surface area (Å²) in [5.41, 5.74) is 2.85. The van der Waals surface area contributed by atoms with Crippen molar-refractivity contribution >= 4 is 52.2 Å². The number of nitrogens with zero attached hydrogens (tertiary/aromatic N) is 1. The molecule has 1 aliphatic rings. The van der Waals surface area contributed by atoms with Crippen LogP contribution in [-0.2, 0) is 17.8 Å². The van der Waals surface area contributed by atoms with Crippen molar-refractivity contribution in [2.45, 2.75) is 19.4 Å². The zero-order valence-electron chi connectivity index (χ0n) is 17.7. The van der Waals surface area contributed by atoms with Gasteiger partial charge in [-0.15, -0.1) is 0 Å². The van der Waals surface area contributed by atoms with Crippen LogP contribution in [0.1, 0.15) is 23.1 Å². The highest BCUT2D eigenvalue weighted by atomic mass is 35.5. The molecule has 0 aromatic heterocycles. The maximum absolute atomic E-state index is 12.7. The molecule has 4 rings (SSSR count). The van der Waals surface area contributed by atoms with Crippen molar-refractivity contribution < 1.29 is 14.3 Å². The van der Waals surface area contributed by atoms with Crippen LogP contribution in [0.5, 0.6) is 5.75 Å². The molecule has 0 aliphatic carbocycles. The number of halogens is 2. The van der Waals surface area contributed by atoms with Gasteiger partial charge in [-0.1, -0.05) is 71.7 Å². The second-order valence-electron chi connectivity index (χ2n) is 7.52. The van der Waals surface area contributed by atoms with Crippen LogP contribution in [-0.4, -0.2) is 22.6 Å². The number of thioether (sulfide) groups is 1. The average Bonchev–Trinajstić information content (AvgIpc) is 3.07. The molecule has 0 spiro atoms. The van der Waals surface area contributed by atoms with E-state index >= 15 is 0 Å². The summed E-state index contributed by atoms with van der Waals surface area (Å²) in [6, 6.07) is 22.7. The Labute approximate surface area is 207 Å². The molecule has 3 aromatic carbocycles. The van der Waals surface area contributed by atoms with E-state index in [1.54, 1.807) is 18.2 Å². The predicted octanol–water partition coefficient (Wildman–Crippen LogP) is 7.24. The highest BCUT2D eigenvalue weighted by molar-refractivity contribution is 8.18. The molecular formula is C26H21Cl2NO3S. The number of aryl methyl sites for hydroxylation is 1. The van der Waals surface area contributed by atoms with Crippen molar-refractivity contribution in [3.05, 3.63) is 104 Å². The quantitative estimate of drug-likeness (QED) is 0.307. The van der Waals surface area contributed by atoms with Gasteiger partial charge >= 0.3 is 0 Å². The molecule has 2 amide bonds. The number of imide groups is 1. The molecule has 0 bridgehead atoms. The number of hydrogen-bond acceptors (Lipinski definition) is 4. The van der Waals surface area contributed by atoms with Crippen LogP contribution < -0.4 is 4.74 Å².